The number of rotatable bonds is 7. The zero-order valence-corrected chi connectivity index (χ0v) is 11.4. The second kappa shape index (κ2) is 8.37. The minimum atomic E-state index is -0.354. The Morgan fingerprint density at radius 1 is 1.33 bits per heavy atom. The van der Waals surface area contributed by atoms with E-state index in [0.29, 0.717) is 12.2 Å². The molecule has 0 aromatic carbocycles. The fourth-order valence-electron chi connectivity index (χ4n) is 2.23. The number of carbonyl (C=O) groups is 2. The lowest BCUT2D eigenvalue weighted by Crippen LogP contribution is -2.43. The summed E-state index contributed by atoms with van der Waals surface area (Å²) in [6.07, 6.45) is 4.57. The maximum atomic E-state index is 11.7. The monoisotopic (exact) mass is 274 g/mol. The predicted octanol–water partition coefficient (Wildman–Crippen LogP) is 0.262. The van der Waals surface area contributed by atoms with Crippen molar-refractivity contribution in [2.75, 3.05) is 18.1 Å². The second-order valence-electron chi connectivity index (χ2n) is 4.67. The predicted molar refractivity (Wildman–Crippen MR) is 72.1 cm³/mol. The Bertz CT molecular complexity index is 286. The van der Waals surface area contributed by atoms with Crippen molar-refractivity contribution in [3.05, 3.63) is 0 Å². The van der Waals surface area contributed by atoms with Gasteiger partial charge in [-0.25, -0.2) is 0 Å². The minimum absolute atomic E-state index is 0.00248. The summed E-state index contributed by atoms with van der Waals surface area (Å²) in [4.78, 5) is 22.2. The normalized spacial score (nSPS) is 23.6. The summed E-state index contributed by atoms with van der Waals surface area (Å²) in [5.74, 6) is 0.702. The largest absolute Gasteiger partial charge is 0.396 e. The van der Waals surface area contributed by atoms with Crippen LogP contribution in [0, 0.1) is 5.92 Å². The van der Waals surface area contributed by atoms with Crippen molar-refractivity contribution in [3.63, 3.8) is 0 Å². The average Bonchev–Trinajstić information content (AvgIpc) is 2.35. The third kappa shape index (κ3) is 5.73. The molecule has 2 unspecified atom stereocenters. The highest BCUT2D eigenvalue weighted by molar-refractivity contribution is 7.99. The van der Waals surface area contributed by atoms with Gasteiger partial charge in [0.05, 0.1) is 5.75 Å². The molecular formula is C12H22N2O3S. The number of aliphatic hydroxyl groups is 1. The Labute approximate surface area is 112 Å². The first-order valence-electron chi connectivity index (χ1n) is 6.39. The molecule has 5 nitrogen and oxygen atoms in total. The molecule has 2 atom stereocenters. The van der Waals surface area contributed by atoms with Crippen molar-refractivity contribution < 1.29 is 14.7 Å². The van der Waals surface area contributed by atoms with E-state index in [0.717, 1.165) is 25.7 Å². The van der Waals surface area contributed by atoms with Gasteiger partial charge in [0.25, 0.3) is 0 Å². The van der Waals surface area contributed by atoms with Crippen molar-refractivity contribution in [1.82, 2.24) is 5.32 Å². The SMILES string of the molecule is NC(=O)CSCCC(=O)NC1CCCCC1CO. The van der Waals surface area contributed by atoms with Gasteiger partial charge in [0, 0.05) is 30.7 Å². The molecule has 0 aromatic rings. The van der Waals surface area contributed by atoms with Crippen LogP contribution in [0.15, 0.2) is 0 Å². The van der Waals surface area contributed by atoms with Gasteiger partial charge in [-0.05, 0) is 12.8 Å². The molecule has 0 spiro atoms. The van der Waals surface area contributed by atoms with E-state index in [1.54, 1.807) is 0 Å². The lowest BCUT2D eigenvalue weighted by atomic mass is 9.85. The van der Waals surface area contributed by atoms with E-state index >= 15 is 0 Å². The van der Waals surface area contributed by atoms with E-state index in [1.807, 2.05) is 0 Å². The molecule has 6 heteroatoms. The number of thioether (sulfide) groups is 1. The number of amides is 2. The maximum Gasteiger partial charge on any atom is 0.227 e. The fraction of sp³-hybridized carbons (Fsp3) is 0.833. The van der Waals surface area contributed by atoms with Crippen LogP contribution in [0.5, 0.6) is 0 Å². The van der Waals surface area contributed by atoms with Gasteiger partial charge >= 0.3 is 0 Å². The summed E-state index contributed by atoms with van der Waals surface area (Å²) in [5.41, 5.74) is 5.01. The highest BCUT2D eigenvalue weighted by atomic mass is 32.2. The summed E-state index contributed by atoms with van der Waals surface area (Å²) in [6, 6.07) is 0.109. The zero-order valence-electron chi connectivity index (χ0n) is 10.6. The minimum Gasteiger partial charge on any atom is -0.396 e. The van der Waals surface area contributed by atoms with Gasteiger partial charge in [-0.15, -0.1) is 0 Å². The van der Waals surface area contributed by atoms with Crippen LogP contribution in [0.4, 0.5) is 0 Å². The molecule has 18 heavy (non-hydrogen) atoms. The van der Waals surface area contributed by atoms with Gasteiger partial charge < -0.3 is 16.2 Å². The van der Waals surface area contributed by atoms with Crippen LogP contribution in [0.3, 0.4) is 0 Å². The molecule has 0 radical (unpaired) electrons. The lowest BCUT2D eigenvalue weighted by Gasteiger charge is -2.30. The molecule has 1 saturated carbocycles. The number of carbonyl (C=O) groups excluding carboxylic acids is 2. The maximum absolute atomic E-state index is 11.7. The lowest BCUT2D eigenvalue weighted by molar-refractivity contribution is -0.122. The van der Waals surface area contributed by atoms with Crippen molar-refractivity contribution >= 4 is 23.6 Å². The number of hydrogen-bond donors (Lipinski definition) is 3. The standard InChI is InChI=1S/C12H22N2O3S/c13-11(16)8-18-6-5-12(17)14-10-4-2-1-3-9(10)7-15/h9-10,15H,1-8H2,(H2,13,16)(H,14,17). The van der Waals surface area contributed by atoms with E-state index in [1.165, 1.54) is 11.8 Å². The smallest absolute Gasteiger partial charge is 0.227 e. The summed E-state index contributed by atoms with van der Waals surface area (Å²) < 4.78 is 0. The van der Waals surface area contributed by atoms with Crippen LogP contribution >= 0.6 is 11.8 Å². The van der Waals surface area contributed by atoms with E-state index in [-0.39, 0.29) is 36.1 Å². The molecule has 1 aliphatic rings. The average molecular weight is 274 g/mol. The van der Waals surface area contributed by atoms with E-state index in [4.69, 9.17) is 5.73 Å². The first kappa shape index (κ1) is 15.3. The Kier molecular flexibility index (Phi) is 7.12. The molecule has 0 saturated heterocycles. The quantitative estimate of drug-likeness (QED) is 0.581. The third-order valence-electron chi connectivity index (χ3n) is 3.21. The number of nitrogens with two attached hydrogens (primary N) is 1. The Morgan fingerprint density at radius 3 is 2.72 bits per heavy atom. The Morgan fingerprint density at radius 2 is 2.06 bits per heavy atom. The summed E-state index contributed by atoms with van der Waals surface area (Å²) >= 11 is 1.37. The molecule has 0 aromatic heterocycles. The molecule has 0 heterocycles. The van der Waals surface area contributed by atoms with Crippen molar-refractivity contribution in [3.8, 4) is 0 Å². The van der Waals surface area contributed by atoms with Crippen molar-refractivity contribution in [2.45, 2.75) is 38.1 Å². The molecule has 104 valence electrons. The number of aliphatic hydroxyl groups excluding tert-OH is 1. The Hall–Kier alpha value is -0.750. The van der Waals surface area contributed by atoms with Crippen molar-refractivity contribution in [1.29, 1.82) is 0 Å². The van der Waals surface area contributed by atoms with Gasteiger partial charge in [0.15, 0.2) is 0 Å². The number of hydrogen-bond acceptors (Lipinski definition) is 4. The van der Waals surface area contributed by atoms with Crippen LogP contribution in [-0.4, -0.2) is 41.1 Å². The summed E-state index contributed by atoms with van der Waals surface area (Å²) in [5, 5.41) is 12.2. The van der Waals surface area contributed by atoms with Gasteiger partial charge in [-0.1, -0.05) is 12.8 Å². The zero-order chi connectivity index (χ0) is 13.4. The van der Waals surface area contributed by atoms with Crippen LogP contribution < -0.4 is 11.1 Å². The van der Waals surface area contributed by atoms with E-state index in [2.05, 4.69) is 5.32 Å². The Balaban J connectivity index is 2.19. The molecule has 1 rings (SSSR count). The van der Waals surface area contributed by atoms with Gasteiger partial charge in [0.1, 0.15) is 0 Å². The summed E-state index contributed by atoms with van der Waals surface area (Å²) in [6.45, 7) is 0.140. The molecule has 2 amide bonds. The van der Waals surface area contributed by atoms with Crippen molar-refractivity contribution in [2.24, 2.45) is 11.7 Å². The first-order chi connectivity index (χ1) is 8.63. The molecular weight excluding hydrogens is 252 g/mol. The second-order valence-corrected chi connectivity index (χ2v) is 5.78. The highest BCUT2D eigenvalue weighted by Crippen LogP contribution is 2.24. The molecule has 1 fully saturated rings. The van der Waals surface area contributed by atoms with E-state index in [9.17, 15) is 14.7 Å². The van der Waals surface area contributed by atoms with Gasteiger partial charge in [0.2, 0.25) is 11.8 Å². The van der Waals surface area contributed by atoms with Crippen LogP contribution in [0.2, 0.25) is 0 Å². The molecule has 0 bridgehead atoms. The third-order valence-corrected chi connectivity index (χ3v) is 4.19. The van der Waals surface area contributed by atoms with Crippen LogP contribution in [-0.2, 0) is 9.59 Å². The van der Waals surface area contributed by atoms with E-state index < -0.39 is 0 Å². The molecule has 1 aliphatic carbocycles. The molecule has 0 aliphatic heterocycles. The summed E-state index contributed by atoms with van der Waals surface area (Å²) in [7, 11) is 0. The van der Waals surface area contributed by atoms with Gasteiger partial charge in [-0.3, -0.25) is 9.59 Å². The van der Waals surface area contributed by atoms with Crippen LogP contribution in [0.25, 0.3) is 0 Å². The van der Waals surface area contributed by atoms with Gasteiger partial charge in [-0.2, -0.15) is 11.8 Å². The topological polar surface area (TPSA) is 92.4 Å². The number of nitrogens with one attached hydrogen (secondary N) is 1. The highest BCUT2D eigenvalue weighted by Gasteiger charge is 2.25. The molecule has 4 N–H and O–H groups in total. The fourth-order valence-corrected chi connectivity index (χ4v) is 2.91. The number of primary amides is 1. The van der Waals surface area contributed by atoms with Crippen LogP contribution in [0.1, 0.15) is 32.1 Å². The first-order valence-corrected chi connectivity index (χ1v) is 7.55.